The van der Waals surface area contributed by atoms with E-state index in [1.165, 1.54) is 14.0 Å². The minimum atomic E-state index is -2.41. The maximum atomic E-state index is 11.8. The van der Waals surface area contributed by atoms with Gasteiger partial charge >= 0.3 is 0 Å². The number of rotatable bonds is 6. The molecule has 0 radical (unpaired) electrons. The smallest absolute Gasteiger partial charge is 0.255 e. The summed E-state index contributed by atoms with van der Waals surface area (Å²) in [6.45, 7) is 2.01. The van der Waals surface area contributed by atoms with Crippen molar-refractivity contribution in [2.75, 3.05) is 20.3 Å². The van der Waals surface area contributed by atoms with Crippen molar-refractivity contribution in [1.82, 2.24) is 5.48 Å². The van der Waals surface area contributed by atoms with Gasteiger partial charge in [0.05, 0.1) is 19.3 Å². The molecule has 0 aliphatic heterocycles. The lowest BCUT2D eigenvalue weighted by Crippen LogP contribution is -2.33. The van der Waals surface area contributed by atoms with Gasteiger partial charge in [0.15, 0.2) is 0 Å². The molecule has 5 heteroatoms. The van der Waals surface area contributed by atoms with Crippen LogP contribution in [0.4, 0.5) is 8.78 Å². The molecule has 1 N–H and O–H groups in total. The molecule has 0 fully saturated rings. The summed E-state index contributed by atoms with van der Waals surface area (Å²) in [5, 5.41) is 0. The summed E-state index contributed by atoms with van der Waals surface area (Å²) in [5.41, 5.74) is 2.19. The molecule has 0 rings (SSSR count). The molecule has 0 aromatic rings. The third-order valence-electron chi connectivity index (χ3n) is 1.04. The molecular formula is C6H13F2NO2. The van der Waals surface area contributed by atoms with Gasteiger partial charge in [-0.3, -0.25) is 4.84 Å². The van der Waals surface area contributed by atoms with Gasteiger partial charge in [0.25, 0.3) is 6.43 Å². The van der Waals surface area contributed by atoms with Crippen molar-refractivity contribution in [3.63, 3.8) is 0 Å². The predicted octanol–water partition coefficient (Wildman–Crippen LogP) is 0.808. The maximum Gasteiger partial charge on any atom is 0.255 e. The number of methoxy groups -OCH3 is 1. The molecule has 3 nitrogen and oxygen atoms in total. The molecule has 0 aromatic heterocycles. The average molecular weight is 169 g/mol. The molecule has 0 bridgehead atoms. The van der Waals surface area contributed by atoms with Gasteiger partial charge in [-0.05, 0) is 6.92 Å². The van der Waals surface area contributed by atoms with Crippen molar-refractivity contribution in [2.45, 2.75) is 19.4 Å². The van der Waals surface area contributed by atoms with Gasteiger partial charge < -0.3 is 4.74 Å². The Balaban J connectivity index is 3.10. The van der Waals surface area contributed by atoms with Gasteiger partial charge in [0.2, 0.25) is 0 Å². The van der Waals surface area contributed by atoms with E-state index in [9.17, 15) is 8.78 Å². The Kier molecular flexibility index (Phi) is 6.30. The summed E-state index contributed by atoms with van der Waals surface area (Å²) in [6.07, 6.45) is -2.41. The van der Waals surface area contributed by atoms with Crippen molar-refractivity contribution in [3.8, 4) is 0 Å². The van der Waals surface area contributed by atoms with Crippen LogP contribution in [0.5, 0.6) is 0 Å². The SMILES string of the molecule is COCCONC(C)C(F)F. The lowest BCUT2D eigenvalue weighted by atomic mass is 10.4. The van der Waals surface area contributed by atoms with Crippen LogP contribution in [-0.2, 0) is 9.57 Å². The van der Waals surface area contributed by atoms with E-state index in [-0.39, 0.29) is 6.61 Å². The summed E-state index contributed by atoms with van der Waals surface area (Å²) >= 11 is 0. The Hall–Kier alpha value is -0.260. The van der Waals surface area contributed by atoms with E-state index in [0.29, 0.717) is 6.61 Å². The van der Waals surface area contributed by atoms with Crippen LogP contribution in [0.3, 0.4) is 0 Å². The largest absolute Gasteiger partial charge is 0.382 e. The fourth-order valence-corrected chi connectivity index (χ4v) is 0.367. The molecule has 11 heavy (non-hydrogen) atoms. The van der Waals surface area contributed by atoms with Crippen LogP contribution < -0.4 is 5.48 Å². The summed E-state index contributed by atoms with van der Waals surface area (Å²) in [5.74, 6) is 0. The standard InChI is InChI=1S/C6H13F2NO2/c1-5(6(7)8)9-11-4-3-10-2/h5-6,9H,3-4H2,1-2H3. The van der Waals surface area contributed by atoms with Gasteiger partial charge in [-0.1, -0.05) is 0 Å². The van der Waals surface area contributed by atoms with Gasteiger partial charge in [0, 0.05) is 7.11 Å². The maximum absolute atomic E-state index is 11.8. The summed E-state index contributed by atoms with van der Waals surface area (Å²) in [4.78, 5) is 4.64. The first-order valence-corrected chi connectivity index (χ1v) is 3.33. The number of hydrogen-bond acceptors (Lipinski definition) is 3. The van der Waals surface area contributed by atoms with Crippen molar-refractivity contribution in [3.05, 3.63) is 0 Å². The molecule has 0 aliphatic rings. The lowest BCUT2D eigenvalue weighted by molar-refractivity contribution is -0.0436. The Morgan fingerprint density at radius 2 is 2.00 bits per heavy atom. The summed E-state index contributed by atoms with van der Waals surface area (Å²) < 4.78 is 28.2. The quantitative estimate of drug-likeness (QED) is 0.471. The van der Waals surface area contributed by atoms with E-state index in [2.05, 4.69) is 15.1 Å². The van der Waals surface area contributed by atoms with Crippen molar-refractivity contribution < 1.29 is 18.4 Å². The highest BCUT2D eigenvalue weighted by Crippen LogP contribution is 1.98. The number of alkyl halides is 2. The average Bonchev–Trinajstić information content (AvgIpc) is 1.97. The molecule has 0 saturated carbocycles. The lowest BCUT2D eigenvalue weighted by Gasteiger charge is -2.11. The van der Waals surface area contributed by atoms with Crippen LogP contribution in [0.25, 0.3) is 0 Å². The predicted molar refractivity (Wildman–Crippen MR) is 36.4 cm³/mol. The van der Waals surface area contributed by atoms with Crippen LogP contribution >= 0.6 is 0 Å². The molecule has 0 aromatic carbocycles. The second-order valence-corrected chi connectivity index (χ2v) is 2.08. The van der Waals surface area contributed by atoms with Crippen LogP contribution in [-0.4, -0.2) is 32.8 Å². The van der Waals surface area contributed by atoms with E-state index in [1.807, 2.05) is 0 Å². The molecule has 0 heterocycles. The second kappa shape index (κ2) is 6.45. The Morgan fingerprint density at radius 3 is 2.45 bits per heavy atom. The topological polar surface area (TPSA) is 30.5 Å². The minimum Gasteiger partial charge on any atom is -0.382 e. The Bertz CT molecular complexity index is 92.7. The van der Waals surface area contributed by atoms with Crippen LogP contribution in [0.1, 0.15) is 6.92 Å². The molecule has 1 atom stereocenters. The van der Waals surface area contributed by atoms with E-state index >= 15 is 0 Å². The van der Waals surface area contributed by atoms with Crippen molar-refractivity contribution >= 4 is 0 Å². The highest BCUT2D eigenvalue weighted by atomic mass is 19.3. The Morgan fingerprint density at radius 1 is 1.36 bits per heavy atom. The van der Waals surface area contributed by atoms with Crippen molar-refractivity contribution in [1.29, 1.82) is 0 Å². The first-order valence-electron chi connectivity index (χ1n) is 3.33. The van der Waals surface area contributed by atoms with Gasteiger partial charge in [-0.2, -0.15) is 5.48 Å². The zero-order chi connectivity index (χ0) is 8.69. The minimum absolute atomic E-state index is 0.271. The third kappa shape index (κ3) is 6.15. The van der Waals surface area contributed by atoms with Gasteiger partial charge in [-0.25, -0.2) is 8.78 Å². The highest BCUT2D eigenvalue weighted by molar-refractivity contribution is 4.55. The number of hydroxylamine groups is 1. The molecule has 0 spiro atoms. The van der Waals surface area contributed by atoms with Crippen LogP contribution in [0, 0.1) is 0 Å². The third-order valence-corrected chi connectivity index (χ3v) is 1.04. The first kappa shape index (κ1) is 10.7. The zero-order valence-corrected chi connectivity index (χ0v) is 6.64. The molecule has 0 aliphatic carbocycles. The van der Waals surface area contributed by atoms with Crippen LogP contribution in [0.15, 0.2) is 0 Å². The first-order chi connectivity index (χ1) is 5.18. The molecule has 0 amide bonds. The molecular weight excluding hydrogens is 156 g/mol. The molecule has 68 valence electrons. The van der Waals surface area contributed by atoms with E-state index in [4.69, 9.17) is 0 Å². The second-order valence-electron chi connectivity index (χ2n) is 2.08. The summed E-state index contributed by atoms with van der Waals surface area (Å²) in [6, 6.07) is -0.938. The Labute approximate surface area is 64.6 Å². The van der Waals surface area contributed by atoms with Gasteiger partial charge in [0.1, 0.15) is 0 Å². The molecule has 0 saturated heterocycles. The van der Waals surface area contributed by atoms with E-state index in [0.717, 1.165) is 0 Å². The number of hydrogen-bond donors (Lipinski definition) is 1. The summed E-state index contributed by atoms with van der Waals surface area (Å²) in [7, 11) is 1.51. The number of ether oxygens (including phenoxy) is 1. The van der Waals surface area contributed by atoms with Crippen molar-refractivity contribution in [2.24, 2.45) is 0 Å². The van der Waals surface area contributed by atoms with Crippen LogP contribution in [0.2, 0.25) is 0 Å². The fraction of sp³-hybridized carbons (Fsp3) is 1.00. The monoisotopic (exact) mass is 169 g/mol. The van der Waals surface area contributed by atoms with Gasteiger partial charge in [-0.15, -0.1) is 0 Å². The highest BCUT2D eigenvalue weighted by Gasteiger charge is 2.13. The fourth-order valence-electron chi connectivity index (χ4n) is 0.367. The van der Waals surface area contributed by atoms with E-state index in [1.54, 1.807) is 0 Å². The zero-order valence-electron chi connectivity index (χ0n) is 6.64. The number of nitrogens with one attached hydrogen (secondary N) is 1. The normalized spacial score (nSPS) is 13.9. The van der Waals surface area contributed by atoms with E-state index < -0.39 is 12.5 Å². The number of halogens is 2. The molecule has 1 unspecified atom stereocenters.